The smallest absolute Gasteiger partial charge is 0.273 e. The van der Waals surface area contributed by atoms with Gasteiger partial charge in [-0.3, -0.25) is 0 Å². The predicted octanol–water partition coefficient (Wildman–Crippen LogP) is 2.59. The Morgan fingerprint density at radius 2 is 1.96 bits per heavy atom. The Morgan fingerprint density at radius 3 is 2.60 bits per heavy atom. The number of aromatic nitrogens is 5. The van der Waals surface area contributed by atoms with Crippen LogP contribution in [0.25, 0.3) is 5.95 Å². The van der Waals surface area contributed by atoms with Crippen molar-refractivity contribution >= 4 is 28.8 Å². The molecular formula is C16H17IN6O2. The van der Waals surface area contributed by atoms with E-state index in [1.54, 1.807) is 21.6 Å². The molecule has 0 aliphatic carbocycles. The quantitative estimate of drug-likeness (QED) is 0.486. The number of hydrogen-bond acceptors (Lipinski definition) is 6. The Kier molecular flexibility index (Phi) is 4.75. The van der Waals surface area contributed by atoms with Crippen molar-refractivity contribution in [2.45, 2.75) is 20.8 Å². The number of methoxy groups -OCH3 is 1. The van der Waals surface area contributed by atoms with Crippen LogP contribution in [0.1, 0.15) is 22.8 Å². The van der Waals surface area contributed by atoms with Gasteiger partial charge >= 0.3 is 0 Å². The van der Waals surface area contributed by atoms with Crippen molar-refractivity contribution in [1.82, 2.24) is 24.7 Å². The van der Waals surface area contributed by atoms with Gasteiger partial charge in [-0.15, -0.1) is 10.2 Å². The second-order valence-corrected chi connectivity index (χ2v) is 6.66. The number of rotatable bonds is 4. The molecule has 0 saturated heterocycles. The van der Waals surface area contributed by atoms with E-state index in [1.165, 1.54) is 7.11 Å². The molecule has 130 valence electrons. The summed E-state index contributed by atoms with van der Waals surface area (Å²) in [5.74, 6) is 1.66. The van der Waals surface area contributed by atoms with Gasteiger partial charge in [-0.05, 0) is 67.1 Å². The molecule has 0 saturated carbocycles. The molecule has 0 unspecified atom stereocenters. The van der Waals surface area contributed by atoms with E-state index in [-0.39, 0.29) is 5.75 Å². The van der Waals surface area contributed by atoms with Gasteiger partial charge in [0.2, 0.25) is 0 Å². The van der Waals surface area contributed by atoms with E-state index < -0.39 is 0 Å². The molecule has 2 aromatic heterocycles. The first-order chi connectivity index (χ1) is 11.9. The van der Waals surface area contributed by atoms with E-state index in [9.17, 15) is 5.11 Å². The third-order valence-electron chi connectivity index (χ3n) is 3.57. The van der Waals surface area contributed by atoms with Gasteiger partial charge in [0.15, 0.2) is 17.3 Å². The Balaban J connectivity index is 2.02. The van der Waals surface area contributed by atoms with Crippen molar-refractivity contribution in [2.24, 2.45) is 5.10 Å². The first-order valence-corrected chi connectivity index (χ1v) is 8.55. The number of halogens is 1. The normalized spacial score (nSPS) is 11.4. The third kappa shape index (κ3) is 3.36. The molecule has 9 heteroatoms. The van der Waals surface area contributed by atoms with Crippen LogP contribution in [0.2, 0.25) is 0 Å². The van der Waals surface area contributed by atoms with Crippen LogP contribution < -0.4 is 4.74 Å². The lowest BCUT2D eigenvalue weighted by atomic mass is 10.2. The molecular weight excluding hydrogens is 435 g/mol. The van der Waals surface area contributed by atoms with Gasteiger partial charge < -0.3 is 9.84 Å². The van der Waals surface area contributed by atoms with Crippen LogP contribution in [0.3, 0.4) is 0 Å². The van der Waals surface area contributed by atoms with Gasteiger partial charge in [0.05, 0.1) is 22.6 Å². The highest BCUT2D eigenvalue weighted by Gasteiger charge is 2.14. The van der Waals surface area contributed by atoms with Crippen LogP contribution in [0.15, 0.2) is 23.3 Å². The molecule has 0 fully saturated rings. The number of benzene rings is 1. The molecule has 0 bridgehead atoms. The molecule has 8 nitrogen and oxygen atoms in total. The van der Waals surface area contributed by atoms with Gasteiger partial charge in [-0.1, -0.05) is 0 Å². The van der Waals surface area contributed by atoms with Crippen LogP contribution in [-0.2, 0) is 0 Å². The highest BCUT2D eigenvalue weighted by Crippen LogP contribution is 2.31. The Morgan fingerprint density at radius 1 is 1.20 bits per heavy atom. The van der Waals surface area contributed by atoms with Gasteiger partial charge in [0.25, 0.3) is 5.95 Å². The zero-order valence-corrected chi connectivity index (χ0v) is 16.4. The predicted molar refractivity (Wildman–Crippen MR) is 102 cm³/mol. The average molecular weight is 452 g/mol. The number of ether oxygens (including phenoxy) is 1. The lowest BCUT2D eigenvalue weighted by Crippen LogP contribution is -2.08. The van der Waals surface area contributed by atoms with Gasteiger partial charge in [-0.2, -0.15) is 14.9 Å². The summed E-state index contributed by atoms with van der Waals surface area (Å²) in [5.41, 5.74) is 2.63. The summed E-state index contributed by atoms with van der Waals surface area (Å²) in [7, 11) is 1.51. The molecule has 25 heavy (non-hydrogen) atoms. The molecule has 0 aliphatic rings. The van der Waals surface area contributed by atoms with Crippen molar-refractivity contribution in [3.8, 4) is 17.4 Å². The van der Waals surface area contributed by atoms with Gasteiger partial charge in [-0.25, -0.2) is 4.68 Å². The van der Waals surface area contributed by atoms with Crippen molar-refractivity contribution in [1.29, 1.82) is 0 Å². The Hall–Kier alpha value is -2.43. The second kappa shape index (κ2) is 6.82. The molecule has 3 aromatic rings. The summed E-state index contributed by atoms with van der Waals surface area (Å²) in [5, 5.41) is 27.1. The molecule has 3 rings (SSSR count). The topological polar surface area (TPSA) is 90.4 Å². The van der Waals surface area contributed by atoms with E-state index in [1.807, 2.05) is 55.5 Å². The highest BCUT2D eigenvalue weighted by molar-refractivity contribution is 14.1. The first kappa shape index (κ1) is 17.4. The maximum absolute atomic E-state index is 9.93. The SMILES string of the molecule is COc1cc(/C=N\n2c(C)nnc2-n2nc(C)cc2C)cc(I)c1O. The van der Waals surface area contributed by atoms with Crippen LogP contribution >= 0.6 is 22.6 Å². The molecule has 0 atom stereocenters. The number of phenols is 1. The maximum Gasteiger partial charge on any atom is 0.273 e. The fourth-order valence-electron chi connectivity index (χ4n) is 2.39. The minimum absolute atomic E-state index is 0.115. The van der Waals surface area contributed by atoms with Crippen molar-refractivity contribution < 1.29 is 9.84 Å². The fraction of sp³-hybridized carbons (Fsp3) is 0.250. The van der Waals surface area contributed by atoms with Crippen molar-refractivity contribution in [3.05, 3.63) is 44.5 Å². The first-order valence-electron chi connectivity index (χ1n) is 7.47. The minimum Gasteiger partial charge on any atom is -0.504 e. The largest absolute Gasteiger partial charge is 0.504 e. The highest BCUT2D eigenvalue weighted by atomic mass is 127. The molecule has 2 heterocycles. The molecule has 0 radical (unpaired) electrons. The summed E-state index contributed by atoms with van der Waals surface area (Å²) in [6.07, 6.45) is 1.66. The fourth-order valence-corrected chi connectivity index (χ4v) is 3.02. The molecule has 1 aromatic carbocycles. The molecule has 1 N–H and O–H groups in total. The number of phenolic OH excluding ortho intramolecular Hbond substituents is 1. The third-order valence-corrected chi connectivity index (χ3v) is 4.39. The number of aryl methyl sites for hydroxylation is 3. The number of nitrogens with zero attached hydrogens (tertiary/aromatic N) is 6. The van der Waals surface area contributed by atoms with Crippen LogP contribution in [0, 0.1) is 24.3 Å². The molecule has 0 amide bonds. The lowest BCUT2D eigenvalue weighted by Gasteiger charge is -2.07. The van der Waals surface area contributed by atoms with E-state index >= 15 is 0 Å². The van der Waals surface area contributed by atoms with E-state index in [4.69, 9.17) is 4.74 Å². The van der Waals surface area contributed by atoms with Crippen LogP contribution in [0.5, 0.6) is 11.5 Å². The Labute approximate surface area is 158 Å². The average Bonchev–Trinajstić information content (AvgIpc) is 3.09. The van der Waals surface area contributed by atoms with E-state index in [0.29, 0.717) is 21.1 Å². The summed E-state index contributed by atoms with van der Waals surface area (Å²) in [6.45, 7) is 5.69. The lowest BCUT2D eigenvalue weighted by molar-refractivity contribution is 0.371. The maximum atomic E-state index is 9.93. The monoisotopic (exact) mass is 452 g/mol. The van der Waals surface area contributed by atoms with Crippen LogP contribution in [-0.4, -0.2) is 43.1 Å². The van der Waals surface area contributed by atoms with Crippen molar-refractivity contribution in [3.63, 3.8) is 0 Å². The summed E-state index contributed by atoms with van der Waals surface area (Å²) in [6, 6.07) is 5.49. The Bertz CT molecular complexity index is 960. The molecule has 0 aliphatic heterocycles. The minimum atomic E-state index is 0.115. The summed E-state index contributed by atoms with van der Waals surface area (Å²) >= 11 is 2.04. The molecule has 0 spiro atoms. The standard InChI is InChI=1S/C16H17IN6O2/c1-9-5-10(2)22(21-9)16-20-19-11(3)23(16)18-8-12-6-13(17)15(24)14(7-12)25-4/h5-8,24H,1-4H3/b18-8-. The van der Waals surface area contributed by atoms with Gasteiger partial charge in [0, 0.05) is 5.69 Å². The van der Waals surface area contributed by atoms with Crippen molar-refractivity contribution in [2.75, 3.05) is 7.11 Å². The second-order valence-electron chi connectivity index (χ2n) is 5.50. The summed E-state index contributed by atoms with van der Waals surface area (Å²) < 4.78 is 9.17. The number of aromatic hydroxyl groups is 1. The van der Waals surface area contributed by atoms with Crippen LogP contribution in [0.4, 0.5) is 0 Å². The van der Waals surface area contributed by atoms with E-state index in [0.717, 1.165) is 17.0 Å². The zero-order chi connectivity index (χ0) is 18.1. The van der Waals surface area contributed by atoms with Gasteiger partial charge in [0.1, 0.15) is 0 Å². The summed E-state index contributed by atoms with van der Waals surface area (Å²) in [4.78, 5) is 0. The van der Waals surface area contributed by atoms with E-state index in [2.05, 4.69) is 20.4 Å². The zero-order valence-electron chi connectivity index (χ0n) is 14.2. The number of hydrogen-bond donors (Lipinski definition) is 1.